The molecule has 3 heteroatoms. The second-order valence-electron chi connectivity index (χ2n) is 4.26. The van der Waals surface area contributed by atoms with Crippen molar-refractivity contribution in [1.82, 2.24) is 5.43 Å². The third-order valence-electron chi connectivity index (χ3n) is 3.21. The van der Waals surface area contributed by atoms with Crippen LogP contribution >= 0.6 is 0 Å². The number of nitrogens with one attached hydrogen (secondary N) is 1. The Balaban J connectivity index is 2.50. The van der Waals surface area contributed by atoms with Crippen molar-refractivity contribution in [3.63, 3.8) is 0 Å². The van der Waals surface area contributed by atoms with Crippen molar-refractivity contribution < 1.29 is 4.42 Å². The second kappa shape index (κ2) is 4.73. The molecule has 0 saturated carbocycles. The number of rotatable bonds is 3. The summed E-state index contributed by atoms with van der Waals surface area (Å²) in [7, 11) is 0. The molecule has 1 aromatic heterocycles. The first-order valence-electron chi connectivity index (χ1n) is 5.72. The predicted octanol–water partition coefficient (Wildman–Crippen LogP) is 2.76. The average Bonchev–Trinajstić information content (AvgIpc) is 2.58. The Bertz CT molecular complexity index is 502. The first-order valence-corrected chi connectivity index (χ1v) is 5.72. The minimum absolute atomic E-state index is 0.0198. The molecule has 0 fully saturated rings. The summed E-state index contributed by atoms with van der Waals surface area (Å²) >= 11 is 0. The average molecular weight is 230 g/mol. The van der Waals surface area contributed by atoms with Crippen LogP contribution in [0.4, 0.5) is 0 Å². The highest BCUT2D eigenvalue weighted by Crippen LogP contribution is 2.30. The van der Waals surface area contributed by atoms with Crippen molar-refractivity contribution in [2.24, 2.45) is 5.84 Å². The van der Waals surface area contributed by atoms with Crippen LogP contribution in [0.2, 0.25) is 0 Å². The van der Waals surface area contributed by atoms with Crippen molar-refractivity contribution in [3.8, 4) is 0 Å². The van der Waals surface area contributed by atoms with Crippen LogP contribution < -0.4 is 11.3 Å². The first kappa shape index (κ1) is 11.9. The summed E-state index contributed by atoms with van der Waals surface area (Å²) < 4.78 is 5.65. The van der Waals surface area contributed by atoms with E-state index in [1.54, 1.807) is 0 Å². The summed E-state index contributed by atoms with van der Waals surface area (Å²) in [6.45, 7) is 6.02. The van der Waals surface area contributed by atoms with Crippen LogP contribution in [-0.4, -0.2) is 0 Å². The van der Waals surface area contributed by atoms with Gasteiger partial charge in [-0.25, -0.2) is 5.43 Å². The van der Waals surface area contributed by atoms with E-state index in [1.807, 2.05) is 32.0 Å². The van der Waals surface area contributed by atoms with E-state index in [1.165, 1.54) is 0 Å². The molecular weight excluding hydrogens is 212 g/mol. The summed E-state index contributed by atoms with van der Waals surface area (Å²) in [4.78, 5) is 0. The first-order chi connectivity index (χ1) is 8.15. The van der Waals surface area contributed by atoms with Gasteiger partial charge >= 0.3 is 0 Å². The molecule has 0 radical (unpaired) electrons. The highest BCUT2D eigenvalue weighted by atomic mass is 16.3. The van der Waals surface area contributed by atoms with Crippen LogP contribution in [0, 0.1) is 20.8 Å². The Labute approximate surface area is 102 Å². The maximum Gasteiger partial charge on any atom is 0.106 e. The standard InChI is InChI=1S/C14H18N2O/c1-9-10(2)17-11(3)13(9)14(16-15)12-7-5-4-6-8-12/h4-8,14,16H,15H2,1-3H3. The molecule has 0 aliphatic heterocycles. The zero-order valence-corrected chi connectivity index (χ0v) is 10.4. The van der Waals surface area contributed by atoms with E-state index in [0.717, 1.165) is 28.2 Å². The smallest absolute Gasteiger partial charge is 0.106 e. The van der Waals surface area contributed by atoms with Gasteiger partial charge in [0.2, 0.25) is 0 Å². The highest BCUT2D eigenvalue weighted by Gasteiger charge is 2.21. The van der Waals surface area contributed by atoms with E-state index < -0.39 is 0 Å². The van der Waals surface area contributed by atoms with Gasteiger partial charge in [0.05, 0.1) is 6.04 Å². The number of hydrogen-bond donors (Lipinski definition) is 2. The molecule has 0 spiro atoms. The fraction of sp³-hybridized carbons (Fsp3) is 0.286. The molecule has 0 bridgehead atoms. The van der Waals surface area contributed by atoms with Crippen LogP contribution in [0.1, 0.15) is 34.3 Å². The van der Waals surface area contributed by atoms with E-state index in [9.17, 15) is 0 Å². The van der Waals surface area contributed by atoms with E-state index >= 15 is 0 Å². The van der Waals surface area contributed by atoms with Crippen molar-refractivity contribution >= 4 is 0 Å². The van der Waals surface area contributed by atoms with Gasteiger partial charge in [-0.2, -0.15) is 0 Å². The van der Waals surface area contributed by atoms with E-state index in [2.05, 4.69) is 24.5 Å². The van der Waals surface area contributed by atoms with Gasteiger partial charge in [-0.1, -0.05) is 30.3 Å². The maximum atomic E-state index is 5.69. The van der Waals surface area contributed by atoms with E-state index in [4.69, 9.17) is 10.3 Å². The Hall–Kier alpha value is -1.58. The molecule has 3 N–H and O–H groups in total. The Morgan fingerprint density at radius 1 is 1.06 bits per heavy atom. The molecule has 1 unspecified atom stereocenters. The van der Waals surface area contributed by atoms with Crippen molar-refractivity contribution in [1.29, 1.82) is 0 Å². The van der Waals surface area contributed by atoms with Gasteiger partial charge in [0.15, 0.2) is 0 Å². The normalized spacial score (nSPS) is 12.7. The van der Waals surface area contributed by atoms with Gasteiger partial charge in [0.25, 0.3) is 0 Å². The van der Waals surface area contributed by atoms with Crippen molar-refractivity contribution in [2.75, 3.05) is 0 Å². The molecule has 0 aliphatic rings. The molecule has 3 nitrogen and oxygen atoms in total. The summed E-state index contributed by atoms with van der Waals surface area (Å²) in [5.41, 5.74) is 6.31. The van der Waals surface area contributed by atoms with Crippen LogP contribution in [0.15, 0.2) is 34.7 Å². The molecule has 0 saturated heterocycles. The third kappa shape index (κ3) is 2.12. The lowest BCUT2D eigenvalue weighted by atomic mass is 9.96. The number of hydrogen-bond acceptors (Lipinski definition) is 3. The Morgan fingerprint density at radius 2 is 1.71 bits per heavy atom. The highest BCUT2D eigenvalue weighted by molar-refractivity contribution is 5.40. The molecule has 2 aromatic rings. The lowest BCUT2D eigenvalue weighted by molar-refractivity contribution is 0.494. The van der Waals surface area contributed by atoms with Crippen molar-refractivity contribution in [3.05, 3.63) is 58.5 Å². The number of benzene rings is 1. The third-order valence-corrected chi connectivity index (χ3v) is 3.21. The van der Waals surface area contributed by atoms with Gasteiger partial charge in [0.1, 0.15) is 11.5 Å². The minimum atomic E-state index is -0.0198. The zero-order chi connectivity index (χ0) is 12.4. The topological polar surface area (TPSA) is 51.2 Å². The SMILES string of the molecule is Cc1oc(C)c(C(NN)c2ccccc2)c1C. The number of nitrogens with two attached hydrogens (primary N) is 1. The molecule has 90 valence electrons. The number of furan rings is 1. The van der Waals surface area contributed by atoms with Crippen LogP contribution in [0.25, 0.3) is 0 Å². The number of hydrazine groups is 1. The molecule has 17 heavy (non-hydrogen) atoms. The zero-order valence-electron chi connectivity index (χ0n) is 10.4. The van der Waals surface area contributed by atoms with Gasteiger partial charge in [-0.3, -0.25) is 5.84 Å². The van der Waals surface area contributed by atoms with Gasteiger partial charge in [-0.15, -0.1) is 0 Å². The van der Waals surface area contributed by atoms with Crippen molar-refractivity contribution in [2.45, 2.75) is 26.8 Å². The lowest BCUT2D eigenvalue weighted by Gasteiger charge is -2.17. The fourth-order valence-electron chi connectivity index (χ4n) is 2.23. The summed E-state index contributed by atoms with van der Waals surface area (Å²) in [5.74, 6) is 7.57. The molecular formula is C14H18N2O. The Morgan fingerprint density at radius 3 is 2.18 bits per heavy atom. The van der Waals surface area contributed by atoms with Crippen LogP contribution in [0.3, 0.4) is 0 Å². The maximum absolute atomic E-state index is 5.69. The van der Waals surface area contributed by atoms with E-state index in [0.29, 0.717) is 0 Å². The van der Waals surface area contributed by atoms with E-state index in [-0.39, 0.29) is 6.04 Å². The molecule has 1 heterocycles. The largest absolute Gasteiger partial charge is 0.466 e. The molecule has 1 aromatic carbocycles. The minimum Gasteiger partial charge on any atom is -0.466 e. The van der Waals surface area contributed by atoms with Gasteiger partial charge in [-0.05, 0) is 31.9 Å². The predicted molar refractivity (Wildman–Crippen MR) is 68.5 cm³/mol. The second-order valence-corrected chi connectivity index (χ2v) is 4.26. The fourth-order valence-corrected chi connectivity index (χ4v) is 2.23. The lowest BCUT2D eigenvalue weighted by Crippen LogP contribution is -2.29. The molecule has 2 rings (SSSR count). The summed E-state index contributed by atoms with van der Waals surface area (Å²) in [6, 6.07) is 10.1. The van der Waals surface area contributed by atoms with Crippen LogP contribution in [-0.2, 0) is 0 Å². The quantitative estimate of drug-likeness (QED) is 0.629. The molecule has 0 aliphatic carbocycles. The summed E-state index contributed by atoms with van der Waals surface area (Å²) in [5, 5.41) is 0. The monoisotopic (exact) mass is 230 g/mol. The Kier molecular flexibility index (Phi) is 3.31. The summed E-state index contributed by atoms with van der Waals surface area (Å²) in [6.07, 6.45) is 0. The molecule has 0 amide bonds. The van der Waals surface area contributed by atoms with Gasteiger partial charge in [0, 0.05) is 5.56 Å². The molecule has 1 atom stereocenters. The number of aryl methyl sites for hydroxylation is 2. The van der Waals surface area contributed by atoms with Gasteiger partial charge < -0.3 is 4.42 Å². The van der Waals surface area contributed by atoms with Crippen LogP contribution in [0.5, 0.6) is 0 Å².